The molecule has 0 aliphatic carbocycles. The molecule has 0 aliphatic rings. The minimum atomic E-state index is 0. The van der Waals surface area contributed by atoms with Gasteiger partial charge in [0.2, 0.25) is 0 Å². The Morgan fingerprint density at radius 1 is 0.375 bits per heavy atom. The van der Waals surface area contributed by atoms with Gasteiger partial charge in [-0.1, -0.05) is 0 Å². The van der Waals surface area contributed by atoms with Crippen molar-refractivity contribution in [3.05, 3.63) is 0 Å². The van der Waals surface area contributed by atoms with E-state index in [9.17, 15) is 0 Å². The predicted octanol–water partition coefficient (Wildman–Crippen LogP) is -2.41. The van der Waals surface area contributed by atoms with E-state index in [4.69, 9.17) is 0 Å². The Labute approximate surface area is 84.7 Å². The number of halogens is 3. The molecule has 0 bridgehead atoms. The van der Waals surface area contributed by atoms with Crippen LogP contribution >= 0.6 is 37.2 Å². The van der Waals surface area contributed by atoms with Crippen molar-refractivity contribution in [3.8, 4) is 0 Å². The zero-order valence-corrected chi connectivity index (χ0v) is 9.55. The molecule has 8 heavy (non-hydrogen) atoms. The SMILES string of the molecule is Cl.Cl.Cl.O.O.O.O.[In]. The molecule has 0 saturated heterocycles. The van der Waals surface area contributed by atoms with Crippen molar-refractivity contribution in [2.75, 3.05) is 0 Å². The summed E-state index contributed by atoms with van der Waals surface area (Å²) >= 11 is 0. The smallest absolute Gasteiger partial charge is 0 e. The molecule has 4 nitrogen and oxygen atoms in total. The van der Waals surface area contributed by atoms with Gasteiger partial charge >= 0.3 is 0 Å². The fourth-order valence-corrected chi connectivity index (χ4v) is 0. The molecule has 0 heterocycles. The van der Waals surface area contributed by atoms with E-state index in [0.29, 0.717) is 0 Å². The summed E-state index contributed by atoms with van der Waals surface area (Å²) in [5, 5.41) is 0. The molecule has 0 aliphatic heterocycles. The molecule has 0 atom stereocenters. The summed E-state index contributed by atoms with van der Waals surface area (Å²) in [4.78, 5) is 0. The van der Waals surface area contributed by atoms with Crippen molar-refractivity contribution in [1.29, 1.82) is 0 Å². The van der Waals surface area contributed by atoms with Crippen molar-refractivity contribution in [2.45, 2.75) is 0 Å². The minimum absolute atomic E-state index is 0. The average molecular weight is 296 g/mol. The third-order valence-electron chi connectivity index (χ3n) is 0. The van der Waals surface area contributed by atoms with Gasteiger partial charge in [0.15, 0.2) is 0 Å². The summed E-state index contributed by atoms with van der Waals surface area (Å²) in [5.41, 5.74) is 0. The van der Waals surface area contributed by atoms with Gasteiger partial charge in [0.1, 0.15) is 0 Å². The molecule has 0 fully saturated rings. The number of hydrogen-bond acceptors (Lipinski definition) is 0. The molecule has 0 amide bonds. The van der Waals surface area contributed by atoms with Crippen LogP contribution in [0.5, 0.6) is 0 Å². The van der Waals surface area contributed by atoms with E-state index < -0.39 is 0 Å². The summed E-state index contributed by atoms with van der Waals surface area (Å²) in [5.74, 6) is 0. The molecule has 0 spiro atoms. The van der Waals surface area contributed by atoms with Crippen molar-refractivity contribution in [3.63, 3.8) is 0 Å². The summed E-state index contributed by atoms with van der Waals surface area (Å²) in [6.07, 6.45) is 0. The van der Waals surface area contributed by atoms with Crippen molar-refractivity contribution in [1.82, 2.24) is 0 Å². The molecule has 3 radical (unpaired) electrons. The molecular weight excluding hydrogens is 285 g/mol. The second kappa shape index (κ2) is 197. The molecule has 0 unspecified atom stereocenters. The first kappa shape index (κ1) is 282. The fraction of sp³-hybridized carbons (Fsp3) is 0. The first-order chi connectivity index (χ1) is 0. The molecule has 0 aromatic carbocycles. The van der Waals surface area contributed by atoms with Crippen LogP contribution in [0.1, 0.15) is 0 Å². The molecule has 59 valence electrons. The summed E-state index contributed by atoms with van der Waals surface area (Å²) in [6.45, 7) is 0. The van der Waals surface area contributed by atoms with E-state index in [-0.39, 0.29) is 85.0 Å². The molecular formula is H11Cl3InO4. The minimum Gasteiger partial charge on any atom is -0.412 e. The Morgan fingerprint density at radius 2 is 0.375 bits per heavy atom. The zero-order chi connectivity index (χ0) is 0. The maximum atomic E-state index is 0. The standard InChI is InChI=1S/3ClH.In.4H2O/h3*1H;;4*1H2. The van der Waals surface area contributed by atoms with Crippen molar-refractivity contribution in [2.24, 2.45) is 0 Å². The topological polar surface area (TPSA) is 126 Å². The Balaban J connectivity index is 0. The fourth-order valence-electron chi connectivity index (χ4n) is 0. The van der Waals surface area contributed by atoms with E-state index >= 15 is 0 Å². The quantitative estimate of drug-likeness (QED) is 0.472. The zero-order valence-electron chi connectivity index (χ0n) is 3.80. The summed E-state index contributed by atoms with van der Waals surface area (Å²) < 4.78 is 0. The van der Waals surface area contributed by atoms with Crippen LogP contribution in [0, 0.1) is 0 Å². The van der Waals surface area contributed by atoms with Gasteiger partial charge < -0.3 is 21.9 Å². The first-order valence-corrected chi connectivity index (χ1v) is 0. The van der Waals surface area contributed by atoms with Gasteiger partial charge in [-0.25, -0.2) is 0 Å². The van der Waals surface area contributed by atoms with Crippen molar-refractivity contribution < 1.29 is 21.9 Å². The van der Waals surface area contributed by atoms with E-state index in [1.165, 1.54) is 0 Å². The van der Waals surface area contributed by atoms with Gasteiger partial charge in [-0.3, -0.25) is 0 Å². The first-order valence-electron chi connectivity index (χ1n) is 0. The molecule has 8 N–H and O–H groups in total. The second-order valence-corrected chi connectivity index (χ2v) is 0. The van der Waals surface area contributed by atoms with Crippen molar-refractivity contribution >= 4 is 63.1 Å². The normalized spacial score (nSPS) is 0. The third-order valence-corrected chi connectivity index (χ3v) is 0. The van der Waals surface area contributed by atoms with Crippen LogP contribution in [-0.2, 0) is 0 Å². The Bertz CT molecular complexity index is 11.2. The van der Waals surface area contributed by atoms with Crippen LogP contribution in [0.15, 0.2) is 0 Å². The Morgan fingerprint density at radius 3 is 0.375 bits per heavy atom. The van der Waals surface area contributed by atoms with Gasteiger partial charge in [0.05, 0.1) is 0 Å². The Kier molecular flexibility index (Phi) is 6970. The molecule has 0 rings (SSSR count). The molecule has 0 aromatic rings. The number of rotatable bonds is 0. The van der Waals surface area contributed by atoms with Gasteiger partial charge in [-0.2, -0.15) is 0 Å². The van der Waals surface area contributed by atoms with E-state index in [1.54, 1.807) is 0 Å². The van der Waals surface area contributed by atoms with Crippen LogP contribution in [0.3, 0.4) is 0 Å². The van der Waals surface area contributed by atoms with Crippen LogP contribution in [-0.4, -0.2) is 47.7 Å². The number of hydrogen-bond donors (Lipinski definition) is 0. The maximum absolute atomic E-state index is 0. The van der Waals surface area contributed by atoms with Crippen LogP contribution in [0.2, 0.25) is 0 Å². The van der Waals surface area contributed by atoms with Crippen LogP contribution < -0.4 is 0 Å². The molecule has 0 saturated carbocycles. The van der Waals surface area contributed by atoms with Gasteiger partial charge in [0, 0.05) is 25.8 Å². The van der Waals surface area contributed by atoms with Gasteiger partial charge in [-0.05, 0) is 0 Å². The van der Waals surface area contributed by atoms with E-state index in [0.717, 1.165) is 0 Å². The van der Waals surface area contributed by atoms with Gasteiger partial charge in [0.25, 0.3) is 0 Å². The predicted molar refractivity (Wildman–Crippen MR) is 42.0 cm³/mol. The molecule has 8 heteroatoms. The molecule has 0 aromatic heterocycles. The third kappa shape index (κ3) is 131. The maximum Gasteiger partial charge on any atom is 0 e. The van der Waals surface area contributed by atoms with Crippen LogP contribution in [0.4, 0.5) is 0 Å². The van der Waals surface area contributed by atoms with Crippen LogP contribution in [0.25, 0.3) is 0 Å². The monoisotopic (exact) mass is 295 g/mol. The van der Waals surface area contributed by atoms with Gasteiger partial charge in [-0.15, -0.1) is 37.2 Å². The average Bonchev–Trinajstić information content (AvgIpc) is 0. The summed E-state index contributed by atoms with van der Waals surface area (Å²) in [7, 11) is 0. The summed E-state index contributed by atoms with van der Waals surface area (Å²) in [6, 6.07) is 0. The second-order valence-electron chi connectivity index (χ2n) is 0. The largest absolute Gasteiger partial charge is 0.412 e. The van der Waals surface area contributed by atoms with E-state index in [2.05, 4.69) is 0 Å². The Hall–Kier alpha value is 1.58. The van der Waals surface area contributed by atoms with E-state index in [1.807, 2.05) is 0 Å².